The van der Waals surface area contributed by atoms with Crippen molar-refractivity contribution in [2.45, 2.75) is 56.6 Å². The van der Waals surface area contributed by atoms with E-state index < -0.39 is 41.6 Å². The van der Waals surface area contributed by atoms with E-state index in [0.717, 1.165) is 22.3 Å². The molecule has 1 heterocycles. The van der Waals surface area contributed by atoms with E-state index in [4.69, 9.17) is 0 Å². The molecule has 8 heteroatoms. The van der Waals surface area contributed by atoms with E-state index in [0.29, 0.717) is 0 Å². The van der Waals surface area contributed by atoms with E-state index >= 15 is 0 Å². The normalized spacial score (nSPS) is 17.3. The SMILES string of the molecule is CC(N(C)C(=O)[C@H]1[C@@H](C(=O)O)N(Cc2ccccc2)C(=O)N1Cc1ccccc1)C(O)(Cc1ccccc1)Cc1ccccc1. The maximum atomic E-state index is 14.5. The largest absolute Gasteiger partial charge is 0.480 e. The van der Waals surface area contributed by atoms with Crippen LogP contribution in [0, 0.1) is 0 Å². The topological polar surface area (TPSA) is 101 Å². The molecular formula is C37H39N3O5. The predicted molar refractivity (Wildman–Crippen MR) is 172 cm³/mol. The van der Waals surface area contributed by atoms with Gasteiger partial charge in [-0.3, -0.25) is 4.79 Å². The second-order valence-electron chi connectivity index (χ2n) is 11.8. The highest BCUT2D eigenvalue weighted by Crippen LogP contribution is 2.32. The smallest absolute Gasteiger partial charge is 0.329 e. The Morgan fingerprint density at radius 2 is 1.04 bits per heavy atom. The number of amides is 3. The van der Waals surface area contributed by atoms with E-state index in [1.54, 1.807) is 14.0 Å². The van der Waals surface area contributed by atoms with Gasteiger partial charge in [0.1, 0.15) is 6.04 Å². The van der Waals surface area contributed by atoms with Crippen LogP contribution in [0.1, 0.15) is 29.2 Å². The van der Waals surface area contributed by atoms with Crippen LogP contribution in [0.2, 0.25) is 0 Å². The summed E-state index contributed by atoms with van der Waals surface area (Å²) < 4.78 is 0. The molecule has 2 N–H and O–H groups in total. The number of likely N-dealkylation sites (N-methyl/N-ethyl adjacent to an activating group) is 1. The maximum Gasteiger partial charge on any atom is 0.329 e. The summed E-state index contributed by atoms with van der Waals surface area (Å²) in [5, 5.41) is 22.8. The van der Waals surface area contributed by atoms with Gasteiger partial charge in [-0.2, -0.15) is 0 Å². The Hall–Kier alpha value is -4.95. The lowest BCUT2D eigenvalue weighted by Gasteiger charge is -2.41. The average molecular weight is 606 g/mol. The van der Waals surface area contributed by atoms with Crippen LogP contribution in [0.5, 0.6) is 0 Å². The zero-order chi connectivity index (χ0) is 32.0. The summed E-state index contributed by atoms with van der Waals surface area (Å²) in [5.41, 5.74) is 1.94. The fourth-order valence-corrected chi connectivity index (χ4v) is 6.19. The van der Waals surface area contributed by atoms with Crippen LogP contribution in [-0.4, -0.2) is 73.6 Å². The maximum absolute atomic E-state index is 14.5. The molecule has 5 rings (SSSR count). The number of nitrogens with zero attached hydrogens (tertiary/aromatic N) is 3. The van der Waals surface area contributed by atoms with Gasteiger partial charge in [0.15, 0.2) is 6.04 Å². The molecule has 1 aliphatic rings. The van der Waals surface area contributed by atoms with Crippen LogP contribution in [0.4, 0.5) is 4.79 Å². The minimum absolute atomic E-state index is 0.0386. The van der Waals surface area contributed by atoms with Gasteiger partial charge in [-0.25, -0.2) is 9.59 Å². The zero-order valence-electron chi connectivity index (χ0n) is 25.6. The molecule has 3 atom stereocenters. The molecule has 0 saturated carbocycles. The molecule has 4 aromatic rings. The van der Waals surface area contributed by atoms with Crippen molar-refractivity contribution in [3.05, 3.63) is 144 Å². The lowest BCUT2D eigenvalue weighted by Crippen LogP contribution is -2.60. The molecule has 0 aliphatic carbocycles. The van der Waals surface area contributed by atoms with Gasteiger partial charge in [0.05, 0.1) is 11.6 Å². The van der Waals surface area contributed by atoms with Gasteiger partial charge in [0.2, 0.25) is 5.91 Å². The number of rotatable bonds is 12. The van der Waals surface area contributed by atoms with Gasteiger partial charge in [0.25, 0.3) is 0 Å². The van der Waals surface area contributed by atoms with Crippen LogP contribution in [0.3, 0.4) is 0 Å². The van der Waals surface area contributed by atoms with E-state index in [2.05, 4.69) is 0 Å². The van der Waals surface area contributed by atoms with Crippen molar-refractivity contribution in [3.8, 4) is 0 Å². The Bertz CT molecular complexity index is 1540. The molecule has 1 aliphatic heterocycles. The third-order valence-corrected chi connectivity index (χ3v) is 8.77. The van der Waals surface area contributed by atoms with Crippen molar-refractivity contribution < 1.29 is 24.6 Å². The number of aliphatic hydroxyl groups is 1. The molecule has 8 nitrogen and oxygen atoms in total. The molecule has 4 aromatic carbocycles. The Morgan fingerprint density at radius 1 is 0.689 bits per heavy atom. The number of carboxylic acid groups (broad SMARTS) is 1. The monoisotopic (exact) mass is 605 g/mol. The molecule has 1 fully saturated rings. The van der Waals surface area contributed by atoms with Gasteiger partial charge >= 0.3 is 12.0 Å². The molecule has 1 unspecified atom stereocenters. The zero-order valence-corrected chi connectivity index (χ0v) is 25.6. The predicted octanol–water partition coefficient (Wildman–Crippen LogP) is 5.01. The molecule has 0 bridgehead atoms. The van der Waals surface area contributed by atoms with Crippen molar-refractivity contribution in [2.75, 3.05) is 7.05 Å². The summed E-state index contributed by atoms with van der Waals surface area (Å²) in [6.45, 7) is 1.88. The van der Waals surface area contributed by atoms with Crippen LogP contribution < -0.4 is 0 Å². The summed E-state index contributed by atoms with van der Waals surface area (Å²) in [6, 6.07) is 33.5. The van der Waals surface area contributed by atoms with Crippen LogP contribution in [0.15, 0.2) is 121 Å². The number of benzene rings is 4. The third-order valence-electron chi connectivity index (χ3n) is 8.77. The van der Waals surface area contributed by atoms with Crippen molar-refractivity contribution in [1.29, 1.82) is 0 Å². The minimum Gasteiger partial charge on any atom is -0.480 e. The van der Waals surface area contributed by atoms with Gasteiger partial charge in [-0.15, -0.1) is 0 Å². The highest BCUT2D eigenvalue weighted by atomic mass is 16.4. The summed E-state index contributed by atoms with van der Waals surface area (Å²) in [4.78, 5) is 45.4. The van der Waals surface area contributed by atoms with Gasteiger partial charge in [0, 0.05) is 33.0 Å². The summed E-state index contributed by atoms with van der Waals surface area (Å²) in [6.07, 6.45) is 0.530. The van der Waals surface area contributed by atoms with E-state index in [1.807, 2.05) is 121 Å². The summed E-state index contributed by atoms with van der Waals surface area (Å²) in [7, 11) is 1.58. The van der Waals surface area contributed by atoms with E-state index in [-0.39, 0.29) is 25.9 Å². The molecule has 0 spiro atoms. The average Bonchev–Trinajstić information content (AvgIpc) is 3.32. The minimum atomic E-state index is -1.43. The van der Waals surface area contributed by atoms with Crippen LogP contribution in [0.25, 0.3) is 0 Å². The first-order valence-electron chi connectivity index (χ1n) is 15.1. The fraction of sp³-hybridized carbons (Fsp3) is 0.270. The van der Waals surface area contributed by atoms with Gasteiger partial charge < -0.3 is 24.9 Å². The summed E-state index contributed by atoms with van der Waals surface area (Å²) >= 11 is 0. The van der Waals surface area contributed by atoms with Gasteiger partial charge in [-0.05, 0) is 29.2 Å². The van der Waals surface area contributed by atoms with Crippen molar-refractivity contribution in [2.24, 2.45) is 0 Å². The van der Waals surface area contributed by atoms with Crippen molar-refractivity contribution in [3.63, 3.8) is 0 Å². The number of carbonyl (C=O) groups excluding carboxylic acids is 2. The molecule has 1 saturated heterocycles. The number of urea groups is 1. The Balaban J connectivity index is 1.50. The lowest BCUT2D eigenvalue weighted by atomic mass is 9.81. The Kier molecular flexibility index (Phi) is 9.64. The Morgan fingerprint density at radius 3 is 1.42 bits per heavy atom. The molecule has 232 valence electrons. The lowest BCUT2D eigenvalue weighted by molar-refractivity contribution is -0.151. The van der Waals surface area contributed by atoms with Crippen LogP contribution in [-0.2, 0) is 35.5 Å². The number of aliphatic carboxylic acids is 1. The number of carbonyl (C=O) groups is 3. The second-order valence-corrected chi connectivity index (χ2v) is 11.8. The standard InChI is InChI=1S/C37H39N3O5/c1-27(37(45,23-28-15-7-3-8-16-28)24-29-17-9-4-10-18-29)38(2)34(41)32-33(35(42)43)40(26-31-21-13-6-14-22-31)36(44)39(32)25-30-19-11-5-12-20-30/h3-22,27,32-33,45H,23-26H2,1-2H3,(H,42,43)/t27?,32-,33+/m1/s1. The quantitative estimate of drug-likeness (QED) is 0.237. The van der Waals surface area contributed by atoms with Crippen LogP contribution >= 0.6 is 0 Å². The van der Waals surface area contributed by atoms with Crippen molar-refractivity contribution in [1.82, 2.24) is 14.7 Å². The number of carboxylic acids is 1. The Labute approximate surface area is 264 Å². The first kappa shape index (κ1) is 31.5. The number of hydrogen-bond donors (Lipinski definition) is 2. The molecule has 3 amide bonds. The van der Waals surface area contributed by atoms with Gasteiger partial charge in [-0.1, -0.05) is 121 Å². The highest BCUT2D eigenvalue weighted by Gasteiger charge is 2.55. The highest BCUT2D eigenvalue weighted by molar-refractivity contribution is 5.98. The second kappa shape index (κ2) is 13.8. The molecular weight excluding hydrogens is 566 g/mol. The molecule has 0 aromatic heterocycles. The summed E-state index contributed by atoms with van der Waals surface area (Å²) in [5.74, 6) is -1.81. The van der Waals surface area contributed by atoms with E-state index in [1.165, 1.54) is 14.7 Å². The first-order valence-corrected chi connectivity index (χ1v) is 15.1. The third kappa shape index (κ3) is 7.07. The molecule has 0 radical (unpaired) electrons. The fourth-order valence-electron chi connectivity index (χ4n) is 6.19. The number of hydrogen-bond acceptors (Lipinski definition) is 4. The molecule has 45 heavy (non-hydrogen) atoms. The van der Waals surface area contributed by atoms with Crippen molar-refractivity contribution >= 4 is 17.9 Å². The first-order chi connectivity index (χ1) is 21.7. The van der Waals surface area contributed by atoms with E-state index in [9.17, 15) is 24.6 Å².